The Labute approximate surface area is 423 Å². The zero-order chi connectivity index (χ0) is 52.4. The van der Waals surface area contributed by atoms with Gasteiger partial charge in [0.2, 0.25) is 5.79 Å². The van der Waals surface area contributed by atoms with Crippen molar-refractivity contribution < 1.29 is 58.2 Å². The van der Waals surface area contributed by atoms with Gasteiger partial charge in [0.25, 0.3) is 11.7 Å². The Kier molecular flexibility index (Phi) is 24.3. The lowest BCUT2D eigenvalue weighted by molar-refractivity contribution is -0.265. The van der Waals surface area contributed by atoms with Gasteiger partial charge >= 0.3 is 5.97 Å². The minimum Gasteiger partial charge on any atom is -0.459 e. The first-order valence-corrected chi connectivity index (χ1v) is 26.0. The number of carbonyl (C=O) groups excluding carboxylic acids is 4. The highest BCUT2D eigenvalue weighted by Crippen LogP contribution is 2.37. The zero-order valence-electron chi connectivity index (χ0n) is 43.7. The second-order valence-corrected chi connectivity index (χ2v) is 20.7. The number of aliphatic hydroxyl groups excluding tert-OH is 2. The molecule has 1 amide bonds. The predicted octanol–water partition coefficient (Wildman–Crippen LogP) is 5.79. The number of unbranched alkanes of at least 4 members (excludes halogenated alkanes) is 2. The number of hydrazone groups is 1. The van der Waals surface area contributed by atoms with Gasteiger partial charge in [-0.2, -0.15) is 5.10 Å². The summed E-state index contributed by atoms with van der Waals surface area (Å²) in [5, 5.41) is 38.5. The van der Waals surface area contributed by atoms with Crippen LogP contribution in [0.4, 0.5) is 0 Å². The summed E-state index contributed by atoms with van der Waals surface area (Å²) in [6.45, 7) is 11.3. The molecule has 16 heteroatoms. The van der Waals surface area contributed by atoms with E-state index >= 15 is 0 Å². The van der Waals surface area contributed by atoms with Gasteiger partial charge in [0, 0.05) is 76.1 Å². The van der Waals surface area contributed by atoms with Crippen LogP contribution in [0.1, 0.15) is 138 Å². The van der Waals surface area contributed by atoms with Gasteiger partial charge in [-0.05, 0) is 114 Å². The molecule has 4 rings (SSSR count). The molecule has 2 saturated heterocycles. The van der Waals surface area contributed by atoms with Gasteiger partial charge in [-0.1, -0.05) is 64.2 Å². The van der Waals surface area contributed by atoms with Gasteiger partial charge < -0.3 is 55.5 Å². The highest BCUT2D eigenvalue weighted by molar-refractivity contribution is 6.39. The zero-order valence-corrected chi connectivity index (χ0v) is 43.7. The summed E-state index contributed by atoms with van der Waals surface area (Å²) in [6, 6.07) is -1.92. The number of Topliss-reactive ketones (excluding diaryl/α,β-unsaturated/α-hetero) is 2. The molecule has 0 spiro atoms. The molecule has 0 unspecified atom stereocenters. The van der Waals surface area contributed by atoms with E-state index in [9.17, 15) is 34.5 Å². The highest BCUT2D eigenvalue weighted by Gasteiger charge is 2.53. The first kappa shape index (κ1) is 59.5. The summed E-state index contributed by atoms with van der Waals surface area (Å²) in [5.41, 5.74) is 8.60. The minimum atomic E-state index is -2.44. The fourth-order valence-electron chi connectivity index (χ4n) is 10.6. The maximum Gasteiger partial charge on any atom is 0.329 e. The Morgan fingerprint density at radius 2 is 1.66 bits per heavy atom. The Morgan fingerprint density at radius 3 is 2.35 bits per heavy atom. The number of hydrogen-bond donors (Lipinski definition) is 5. The average Bonchev–Trinajstić information content (AvgIpc) is 3.36. The van der Waals surface area contributed by atoms with Gasteiger partial charge in [0.05, 0.1) is 24.4 Å². The smallest absolute Gasteiger partial charge is 0.329 e. The number of aliphatic hydroxyl groups is 3. The third-order valence-electron chi connectivity index (χ3n) is 15.2. The topological polar surface area (TPSA) is 243 Å². The van der Waals surface area contributed by atoms with Crippen LogP contribution in [0.15, 0.2) is 52.7 Å². The number of methoxy groups -OCH3 is 2. The molecule has 71 heavy (non-hydrogen) atoms. The van der Waals surface area contributed by atoms with Crippen LogP contribution >= 0.6 is 0 Å². The normalized spacial score (nSPS) is 38.4. The Balaban J connectivity index is 1.68. The lowest BCUT2D eigenvalue weighted by Crippen LogP contribution is -2.61. The summed E-state index contributed by atoms with van der Waals surface area (Å²) in [4.78, 5) is 57.9. The van der Waals surface area contributed by atoms with E-state index < -0.39 is 89.6 Å². The van der Waals surface area contributed by atoms with Crippen LogP contribution in [0, 0.1) is 41.9 Å². The molecule has 1 aliphatic carbocycles. The maximum atomic E-state index is 14.6. The molecule has 3 fully saturated rings. The van der Waals surface area contributed by atoms with Crippen molar-refractivity contribution >= 4 is 29.2 Å². The van der Waals surface area contributed by atoms with E-state index in [4.69, 9.17) is 41.7 Å². The summed E-state index contributed by atoms with van der Waals surface area (Å²) in [6.07, 6.45) is 18.9. The van der Waals surface area contributed by atoms with Crippen molar-refractivity contribution in [2.24, 2.45) is 46.3 Å². The quantitative estimate of drug-likeness (QED) is 0.0331. The number of ether oxygens (including phenoxy) is 5. The van der Waals surface area contributed by atoms with Crippen molar-refractivity contribution in [2.45, 2.75) is 198 Å². The molecular weight excluding hydrogens is 909 g/mol. The molecule has 1 saturated carbocycles. The van der Waals surface area contributed by atoms with Crippen molar-refractivity contribution in [1.29, 1.82) is 0 Å². The molecule has 398 valence electrons. The van der Waals surface area contributed by atoms with E-state index in [2.05, 4.69) is 11.0 Å². The standard InChI is InChI=1S/C55H86N4O12/c1-10-11-12-18-27-69-45-25-23-40(31-48(45)68-9)30-42(56)47-33-43(58-57)36(4)29-38(6)50(61)51(62)49(60)37(5)28-34(2)19-14-13-15-20-35(3)46(67-8)32-41-24-22-39(7)55(66,71-41)52(63)53(64)59-26-17-16-21-44(59)54(65)70-47/h1,13-15,19-20,29,34,36-37,39-42,44-48,50-51,61-62,66H,11-12,16-18,21-28,30-33,56-57H2,2-9H3/b15-13+,19-14+,35-20+,38-29+,58-43-/t34-,36-,37-,39-,40+,41+,42-,44+,45-,46+,47+,48-,50-,51+,55-/m1/s1. The minimum absolute atomic E-state index is 0.0311. The monoisotopic (exact) mass is 995 g/mol. The molecule has 3 heterocycles. The molecule has 0 radical (unpaired) electrons. The predicted molar refractivity (Wildman–Crippen MR) is 272 cm³/mol. The highest BCUT2D eigenvalue weighted by atomic mass is 16.6. The summed E-state index contributed by atoms with van der Waals surface area (Å²) < 4.78 is 30.5. The maximum absolute atomic E-state index is 14.6. The molecule has 3 aliphatic heterocycles. The summed E-state index contributed by atoms with van der Waals surface area (Å²) >= 11 is 0. The van der Waals surface area contributed by atoms with Crippen LogP contribution in [0.25, 0.3) is 0 Å². The number of rotatable bonds is 10. The fourth-order valence-corrected chi connectivity index (χ4v) is 10.6. The number of allylic oxidation sites excluding steroid dienone is 6. The molecule has 0 aromatic carbocycles. The molecule has 0 aromatic heterocycles. The van der Waals surface area contributed by atoms with Crippen molar-refractivity contribution in [1.82, 2.24) is 4.90 Å². The van der Waals surface area contributed by atoms with Gasteiger partial charge in [-0.3, -0.25) is 14.4 Å². The number of hydrogen-bond acceptors (Lipinski definition) is 15. The number of esters is 1. The van der Waals surface area contributed by atoms with Gasteiger partial charge in [0.1, 0.15) is 24.4 Å². The lowest BCUT2D eigenvalue weighted by Gasteiger charge is -2.42. The van der Waals surface area contributed by atoms with Gasteiger partial charge in [-0.25, -0.2) is 4.79 Å². The lowest BCUT2D eigenvalue weighted by atomic mass is 9.80. The number of nitrogens with two attached hydrogens (primary N) is 2. The third-order valence-corrected chi connectivity index (χ3v) is 15.2. The number of fused-ring (bicyclic) bond motifs is 3. The Morgan fingerprint density at radius 1 is 0.915 bits per heavy atom. The molecule has 0 aromatic rings. The van der Waals surface area contributed by atoms with Crippen molar-refractivity contribution in [2.75, 3.05) is 27.4 Å². The van der Waals surface area contributed by atoms with E-state index in [0.717, 1.165) is 31.3 Å². The number of amides is 1. The second kappa shape index (κ2) is 29.0. The van der Waals surface area contributed by atoms with Crippen LogP contribution < -0.4 is 11.6 Å². The largest absolute Gasteiger partial charge is 0.459 e. The average molecular weight is 995 g/mol. The van der Waals surface area contributed by atoms with Gasteiger partial charge in [-0.15, -0.1) is 12.3 Å². The fraction of sp³-hybridized carbons (Fsp3) is 0.727. The van der Waals surface area contributed by atoms with Crippen LogP contribution in [0.5, 0.6) is 0 Å². The van der Waals surface area contributed by atoms with Crippen LogP contribution in [0.2, 0.25) is 0 Å². The first-order chi connectivity index (χ1) is 33.8. The molecule has 15 atom stereocenters. The van der Waals surface area contributed by atoms with E-state index in [0.29, 0.717) is 75.7 Å². The second-order valence-electron chi connectivity index (χ2n) is 20.7. The van der Waals surface area contributed by atoms with E-state index in [1.165, 1.54) is 4.90 Å². The van der Waals surface area contributed by atoms with Crippen LogP contribution in [0.3, 0.4) is 0 Å². The molecule has 4 aliphatic rings. The molecule has 7 N–H and O–H groups in total. The van der Waals surface area contributed by atoms with Crippen LogP contribution in [-0.4, -0.2) is 137 Å². The molecule has 2 bridgehead atoms. The van der Waals surface area contributed by atoms with Gasteiger partial charge in [0.15, 0.2) is 5.78 Å². The Hall–Kier alpha value is -4.05. The molecular formula is C55H86N4O12. The summed E-state index contributed by atoms with van der Waals surface area (Å²) in [7, 11) is 3.23. The number of cyclic esters (lactones) is 1. The van der Waals surface area contributed by atoms with E-state index in [-0.39, 0.29) is 43.4 Å². The van der Waals surface area contributed by atoms with E-state index in [1.54, 1.807) is 48.0 Å². The number of piperidine rings is 1. The number of carbonyl (C=O) groups is 4. The van der Waals surface area contributed by atoms with Crippen molar-refractivity contribution in [3.63, 3.8) is 0 Å². The number of nitrogens with zero attached hydrogens (tertiary/aromatic N) is 2. The summed E-state index contributed by atoms with van der Waals surface area (Å²) in [5.74, 6) is 1.02. The van der Waals surface area contributed by atoms with Crippen molar-refractivity contribution in [3.05, 3.63) is 47.6 Å². The SMILES string of the molecule is C#CCCCCO[C@@H]1CC[C@@H](C[C@@H](N)[C@@H]2C/C(=N/N)[C@H](C)/C=C(\C)[C@@H](O)[C@@H](O)C(=O)[C@H](C)C[C@H](C)/C=C/C=C/C=C(\C)[C@@H](OC)C[C@@H]3CC[C@@H](C)[C@@](O)(O3)C(=O)C(=O)N3CCCC[C@H]3C(=O)O2)C[C@H]1OC. The molecule has 16 nitrogen and oxygen atoms in total. The van der Waals surface area contributed by atoms with E-state index in [1.807, 2.05) is 44.2 Å². The number of terminal acetylenes is 1. The Bertz CT molecular complexity index is 1960. The van der Waals surface area contributed by atoms with Crippen molar-refractivity contribution in [3.8, 4) is 12.3 Å². The van der Waals surface area contributed by atoms with Crippen LogP contribution in [-0.2, 0) is 42.9 Å². The first-order valence-electron chi connectivity index (χ1n) is 26.0. The third kappa shape index (κ3) is 16.7. The number of ketones is 2.